The molecule has 0 amide bonds. The molecule has 0 aliphatic heterocycles. The van der Waals surface area contributed by atoms with E-state index in [-0.39, 0.29) is 22.1 Å². The quantitative estimate of drug-likeness (QED) is 0.778. The van der Waals surface area contributed by atoms with E-state index in [1.54, 1.807) is 12.1 Å². The molecule has 2 rings (SSSR count). The van der Waals surface area contributed by atoms with Gasteiger partial charge in [-0.3, -0.25) is 4.79 Å². The number of halogens is 2. The second-order valence-electron chi connectivity index (χ2n) is 6.18. The first kappa shape index (κ1) is 14.5. The summed E-state index contributed by atoms with van der Waals surface area (Å²) < 4.78 is 13.1. The highest BCUT2D eigenvalue weighted by atomic mass is 35.5. The topological polar surface area (TPSA) is 17.1 Å². The summed E-state index contributed by atoms with van der Waals surface area (Å²) in [7, 11) is 0. The molecule has 0 bridgehead atoms. The Morgan fingerprint density at radius 3 is 2.79 bits per heavy atom. The molecule has 0 aromatic heterocycles. The fourth-order valence-electron chi connectivity index (χ4n) is 3.06. The van der Waals surface area contributed by atoms with Crippen LogP contribution < -0.4 is 0 Å². The van der Waals surface area contributed by atoms with Crippen LogP contribution in [0.4, 0.5) is 4.39 Å². The van der Waals surface area contributed by atoms with Crippen molar-refractivity contribution in [1.29, 1.82) is 0 Å². The molecule has 3 heteroatoms. The molecular formula is C16H20ClFO. The molecule has 0 saturated heterocycles. The van der Waals surface area contributed by atoms with Gasteiger partial charge < -0.3 is 0 Å². The van der Waals surface area contributed by atoms with Crippen LogP contribution in [-0.2, 0) is 11.2 Å². The zero-order valence-corrected chi connectivity index (χ0v) is 12.3. The summed E-state index contributed by atoms with van der Waals surface area (Å²) in [5.74, 6) is -0.0617. The lowest BCUT2D eigenvalue weighted by molar-refractivity contribution is -0.127. The van der Waals surface area contributed by atoms with Crippen molar-refractivity contribution in [3.8, 4) is 0 Å². The van der Waals surface area contributed by atoms with Crippen molar-refractivity contribution in [1.82, 2.24) is 0 Å². The molecule has 0 heterocycles. The van der Waals surface area contributed by atoms with E-state index in [1.807, 2.05) is 0 Å². The van der Waals surface area contributed by atoms with E-state index in [0.717, 1.165) is 24.8 Å². The van der Waals surface area contributed by atoms with Gasteiger partial charge in [-0.05, 0) is 36.0 Å². The molecule has 1 atom stereocenters. The summed E-state index contributed by atoms with van der Waals surface area (Å²) in [6.07, 6.45) is 4.77. The number of carbonyl (C=O) groups excluding carboxylic acids is 1. The summed E-state index contributed by atoms with van der Waals surface area (Å²) in [6.45, 7) is 4.35. The van der Waals surface area contributed by atoms with E-state index in [1.165, 1.54) is 12.5 Å². The highest BCUT2D eigenvalue weighted by Gasteiger charge is 2.36. The average molecular weight is 283 g/mol. The lowest BCUT2D eigenvalue weighted by Crippen LogP contribution is -2.34. The summed E-state index contributed by atoms with van der Waals surface area (Å²) in [5, 5.41) is 0.0909. The number of Topliss-reactive ketones (excluding diaryl/α,β-unsaturated/α-hetero) is 1. The minimum atomic E-state index is -0.434. The van der Waals surface area contributed by atoms with Crippen LogP contribution in [0.15, 0.2) is 18.2 Å². The monoisotopic (exact) mass is 282 g/mol. The molecular weight excluding hydrogens is 263 g/mol. The molecule has 0 radical (unpaired) electrons. The van der Waals surface area contributed by atoms with Crippen LogP contribution in [0.1, 0.15) is 45.1 Å². The van der Waals surface area contributed by atoms with Gasteiger partial charge in [0, 0.05) is 12.3 Å². The van der Waals surface area contributed by atoms with Gasteiger partial charge in [-0.15, -0.1) is 0 Å². The number of ketones is 1. The third-order valence-electron chi connectivity index (χ3n) is 4.26. The molecule has 1 saturated carbocycles. The highest BCUT2D eigenvalue weighted by Crippen LogP contribution is 2.41. The second-order valence-corrected chi connectivity index (χ2v) is 6.59. The van der Waals surface area contributed by atoms with Crippen LogP contribution in [0.3, 0.4) is 0 Å². The second kappa shape index (κ2) is 5.62. The third kappa shape index (κ3) is 3.36. The zero-order valence-electron chi connectivity index (χ0n) is 11.5. The summed E-state index contributed by atoms with van der Waals surface area (Å²) in [5.41, 5.74) is 0.886. The number of benzene rings is 1. The maximum atomic E-state index is 13.1. The molecule has 0 spiro atoms. The zero-order chi connectivity index (χ0) is 14.0. The van der Waals surface area contributed by atoms with Crippen molar-refractivity contribution in [2.24, 2.45) is 11.3 Å². The largest absolute Gasteiger partial charge is 0.299 e. The van der Waals surface area contributed by atoms with E-state index in [0.29, 0.717) is 6.42 Å². The van der Waals surface area contributed by atoms with Crippen LogP contribution in [0.25, 0.3) is 0 Å². The molecule has 0 N–H and O–H groups in total. The van der Waals surface area contributed by atoms with Crippen molar-refractivity contribution < 1.29 is 9.18 Å². The van der Waals surface area contributed by atoms with E-state index in [2.05, 4.69) is 13.8 Å². The molecule has 1 fully saturated rings. The Kier molecular flexibility index (Phi) is 4.29. The minimum Gasteiger partial charge on any atom is -0.299 e. The van der Waals surface area contributed by atoms with Gasteiger partial charge in [0.05, 0.1) is 5.02 Å². The predicted molar refractivity (Wildman–Crippen MR) is 75.9 cm³/mol. The summed E-state index contributed by atoms with van der Waals surface area (Å²) >= 11 is 5.75. The summed E-state index contributed by atoms with van der Waals surface area (Å²) in [4.78, 5) is 12.4. The fraction of sp³-hybridized carbons (Fsp3) is 0.562. The van der Waals surface area contributed by atoms with Crippen molar-refractivity contribution in [2.45, 2.75) is 46.0 Å². The van der Waals surface area contributed by atoms with Gasteiger partial charge in [-0.2, -0.15) is 0 Å². The Morgan fingerprint density at radius 1 is 1.42 bits per heavy atom. The van der Waals surface area contributed by atoms with Crippen LogP contribution in [0.2, 0.25) is 5.02 Å². The van der Waals surface area contributed by atoms with Crippen molar-refractivity contribution >= 4 is 17.4 Å². The maximum absolute atomic E-state index is 13.1. The van der Waals surface area contributed by atoms with Gasteiger partial charge in [0.1, 0.15) is 11.6 Å². The Balaban J connectivity index is 2.09. The van der Waals surface area contributed by atoms with Crippen LogP contribution in [0, 0.1) is 17.2 Å². The number of hydrogen-bond acceptors (Lipinski definition) is 1. The molecule has 1 nitrogen and oxygen atoms in total. The first-order chi connectivity index (χ1) is 8.90. The van der Waals surface area contributed by atoms with Crippen molar-refractivity contribution in [3.05, 3.63) is 34.6 Å². The Bertz CT molecular complexity index is 482. The van der Waals surface area contributed by atoms with Gasteiger partial charge in [-0.25, -0.2) is 4.39 Å². The normalized spacial score (nSPS) is 22.2. The third-order valence-corrected chi connectivity index (χ3v) is 4.55. The van der Waals surface area contributed by atoms with Gasteiger partial charge in [0.15, 0.2) is 0 Å². The van der Waals surface area contributed by atoms with E-state index in [4.69, 9.17) is 11.6 Å². The van der Waals surface area contributed by atoms with Crippen LogP contribution in [0.5, 0.6) is 0 Å². The number of carbonyl (C=O) groups is 1. The standard InChI is InChI=1S/C16H20ClFO/c1-16(2)8-4-3-5-12(16)15(19)10-11-6-7-14(18)13(17)9-11/h6-7,9,12H,3-5,8,10H2,1-2H3. The lowest BCUT2D eigenvalue weighted by Gasteiger charge is -2.37. The highest BCUT2D eigenvalue weighted by molar-refractivity contribution is 6.30. The smallest absolute Gasteiger partial charge is 0.141 e. The maximum Gasteiger partial charge on any atom is 0.141 e. The molecule has 104 valence electrons. The van der Waals surface area contributed by atoms with Gasteiger partial charge in [0.2, 0.25) is 0 Å². The van der Waals surface area contributed by atoms with Crippen LogP contribution in [-0.4, -0.2) is 5.78 Å². The molecule has 1 aliphatic rings. The van der Waals surface area contributed by atoms with E-state index < -0.39 is 5.82 Å². The van der Waals surface area contributed by atoms with Crippen molar-refractivity contribution in [2.75, 3.05) is 0 Å². The molecule has 1 aromatic carbocycles. The Hall–Kier alpha value is -0.890. The number of rotatable bonds is 3. The Morgan fingerprint density at radius 2 is 2.16 bits per heavy atom. The summed E-state index contributed by atoms with van der Waals surface area (Å²) in [6, 6.07) is 4.54. The average Bonchev–Trinajstić information content (AvgIpc) is 2.33. The van der Waals surface area contributed by atoms with Crippen LogP contribution >= 0.6 is 11.6 Å². The van der Waals surface area contributed by atoms with Gasteiger partial charge in [-0.1, -0.05) is 44.4 Å². The van der Waals surface area contributed by atoms with Crippen molar-refractivity contribution in [3.63, 3.8) is 0 Å². The molecule has 1 aliphatic carbocycles. The van der Waals surface area contributed by atoms with Gasteiger partial charge >= 0.3 is 0 Å². The first-order valence-electron chi connectivity index (χ1n) is 6.87. The van der Waals surface area contributed by atoms with Gasteiger partial charge in [0.25, 0.3) is 0 Å². The molecule has 1 aromatic rings. The number of hydrogen-bond donors (Lipinski definition) is 0. The predicted octanol–water partition coefficient (Wildman–Crippen LogP) is 4.81. The van der Waals surface area contributed by atoms with E-state index in [9.17, 15) is 9.18 Å². The first-order valence-corrected chi connectivity index (χ1v) is 7.24. The van der Waals surface area contributed by atoms with E-state index >= 15 is 0 Å². The lowest BCUT2D eigenvalue weighted by atomic mass is 9.66. The molecule has 19 heavy (non-hydrogen) atoms. The minimum absolute atomic E-state index is 0.0825. The Labute approximate surface area is 119 Å². The SMILES string of the molecule is CC1(C)CCCCC1C(=O)Cc1ccc(F)c(Cl)c1. The molecule has 1 unspecified atom stereocenters. The fourth-order valence-corrected chi connectivity index (χ4v) is 3.27.